The van der Waals surface area contributed by atoms with Gasteiger partial charge in [0.05, 0.1) is 8.49 Å². The molecule has 0 aliphatic heterocycles. The zero-order valence-corrected chi connectivity index (χ0v) is 13.6. The van der Waals surface area contributed by atoms with Crippen LogP contribution in [0.2, 0.25) is 0 Å². The molecule has 0 bridgehead atoms. The molecule has 0 aromatic heterocycles. The molecule has 0 saturated heterocycles. The van der Waals surface area contributed by atoms with Gasteiger partial charge in [-0.15, -0.1) is 0 Å². The number of benzene rings is 2. The van der Waals surface area contributed by atoms with Crippen molar-refractivity contribution in [2.45, 2.75) is 6.54 Å². The zero-order chi connectivity index (χ0) is 15.2. The molecule has 0 amide bonds. The molecule has 0 saturated carbocycles. The molecule has 0 heterocycles. The summed E-state index contributed by atoms with van der Waals surface area (Å²) in [5.41, 5.74) is 7.94. The van der Waals surface area contributed by atoms with Crippen LogP contribution in [0.1, 0.15) is 5.56 Å². The number of hydrogen-bond donors (Lipinski definition) is 1. The highest BCUT2D eigenvalue weighted by Gasteiger charge is 2.14. The summed E-state index contributed by atoms with van der Waals surface area (Å²) in [6.07, 6.45) is 0. The average Bonchev–Trinajstić information content (AvgIpc) is 2.47. The van der Waals surface area contributed by atoms with Crippen molar-refractivity contribution in [3.8, 4) is 0 Å². The Morgan fingerprint density at radius 1 is 1.19 bits per heavy atom. The Balaban J connectivity index is 2.26. The minimum Gasteiger partial charge on any atom is -0.366 e. The summed E-state index contributed by atoms with van der Waals surface area (Å²) >= 11 is 1.99. The lowest BCUT2D eigenvalue weighted by Gasteiger charge is -2.24. The fourth-order valence-corrected chi connectivity index (χ4v) is 2.80. The quantitative estimate of drug-likeness (QED) is 0.462. The fourth-order valence-electron chi connectivity index (χ4n) is 2.10. The first-order valence-electron chi connectivity index (χ1n) is 6.54. The molecular formula is C15H16IN3O2. The lowest BCUT2D eigenvalue weighted by atomic mass is 10.2. The zero-order valence-electron chi connectivity index (χ0n) is 11.4. The van der Waals surface area contributed by atoms with Gasteiger partial charge in [-0.1, -0.05) is 30.3 Å². The number of anilines is 1. The number of nitrogens with zero attached hydrogens (tertiary/aromatic N) is 2. The van der Waals surface area contributed by atoms with Crippen LogP contribution in [0.15, 0.2) is 48.5 Å². The first-order chi connectivity index (χ1) is 10.1. The lowest BCUT2D eigenvalue weighted by Crippen LogP contribution is -2.29. The number of halogens is 1. The minimum atomic E-state index is -0.365. The molecule has 6 heteroatoms. The monoisotopic (exact) mass is 397 g/mol. The predicted octanol–water partition coefficient (Wildman–Crippen LogP) is 3.16. The van der Waals surface area contributed by atoms with Crippen molar-refractivity contribution in [2.24, 2.45) is 5.73 Å². The summed E-state index contributed by atoms with van der Waals surface area (Å²) in [5, 5.41) is 10.9. The third-order valence-electron chi connectivity index (χ3n) is 3.11. The molecule has 5 nitrogen and oxygen atoms in total. The van der Waals surface area contributed by atoms with Gasteiger partial charge in [0, 0.05) is 31.4 Å². The molecule has 2 rings (SSSR count). The highest BCUT2D eigenvalue weighted by atomic mass is 127. The van der Waals surface area contributed by atoms with E-state index in [9.17, 15) is 10.1 Å². The molecule has 2 N–H and O–H groups in total. The topological polar surface area (TPSA) is 72.4 Å². The molecule has 0 radical (unpaired) electrons. The predicted molar refractivity (Wildman–Crippen MR) is 92.4 cm³/mol. The second-order valence-corrected chi connectivity index (χ2v) is 5.75. The van der Waals surface area contributed by atoms with Gasteiger partial charge in [0.15, 0.2) is 0 Å². The highest BCUT2D eigenvalue weighted by Crippen LogP contribution is 2.27. The van der Waals surface area contributed by atoms with Crippen LogP contribution in [-0.4, -0.2) is 18.0 Å². The van der Waals surface area contributed by atoms with Gasteiger partial charge in [0.1, 0.15) is 0 Å². The Morgan fingerprint density at radius 3 is 2.48 bits per heavy atom. The number of nitro groups is 1. The number of hydrogen-bond acceptors (Lipinski definition) is 4. The minimum absolute atomic E-state index is 0.131. The molecule has 0 spiro atoms. The summed E-state index contributed by atoms with van der Waals surface area (Å²) in [5.74, 6) is 0. The summed E-state index contributed by atoms with van der Waals surface area (Å²) < 4.78 is 0.630. The normalized spacial score (nSPS) is 10.4. The van der Waals surface area contributed by atoms with E-state index in [-0.39, 0.29) is 10.6 Å². The van der Waals surface area contributed by atoms with Crippen molar-refractivity contribution in [3.63, 3.8) is 0 Å². The van der Waals surface area contributed by atoms with E-state index in [4.69, 9.17) is 5.73 Å². The number of rotatable bonds is 6. The van der Waals surface area contributed by atoms with E-state index in [1.54, 1.807) is 12.1 Å². The maximum atomic E-state index is 10.9. The smallest absolute Gasteiger partial charge is 0.282 e. The molecule has 0 unspecified atom stereocenters. The Kier molecular flexibility index (Phi) is 5.51. The van der Waals surface area contributed by atoms with Crippen LogP contribution < -0.4 is 10.6 Å². The SMILES string of the molecule is NCCN(Cc1ccccc1)c1ccc([N+](=O)[O-])c(I)c1. The van der Waals surface area contributed by atoms with Gasteiger partial charge < -0.3 is 10.6 Å². The van der Waals surface area contributed by atoms with Crippen molar-refractivity contribution in [1.29, 1.82) is 0 Å². The van der Waals surface area contributed by atoms with Crippen LogP contribution in [0.4, 0.5) is 11.4 Å². The Morgan fingerprint density at radius 2 is 1.90 bits per heavy atom. The summed E-state index contributed by atoms with van der Waals surface area (Å²) in [4.78, 5) is 12.6. The fraction of sp³-hybridized carbons (Fsp3) is 0.200. The van der Waals surface area contributed by atoms with Crippen LogP contribution in [-0.2, 0) is 6.54 Å². The Labute approximate surface area is 137 Å². The highest BCUT2D eigenvalue weighted by molar-refractivity contribution is 14.1. The maximum Gasteiger partial charge on any atom is 0.282 e. The van der Waals surface area contributed by atoms with Gasteiger partial charge in [-0.3, -0.25) is 10.1 Å². The summed E-state index contributed by atoms with van der Waals surface area (Å²) in [6.45, 7) is 1.95. The average molecular weight is 397 g/mol. The molecular weight excluding hydrogens is 381 g/mol. The number of nitro benzene ring substituents is 1. The van der Waals surface area contributed by atoms with Crippen LogP contribution in [0.25, 0.3) is 0 Å². The molecule has 2 aromatic carbocycles. The molecule has 0 fully saturated rings. The van der Waals surface area contributed by atoms with Crippen molar-refractivity contribution in [3.05, 3.63) is 67.8 Å². The maximum absolute atomic E-state index is 10.9. The van der Waals surface area contributed by atoms with E-state index in [0.717, 1.165) is 12.2 Å². The van der Waals surface area contributed by atoms with Gasteiger partial charge in [0.25, 0.3) is 5.69 Å². The summed E-state index contributed by atoms with van der Waals surface area (Å²) in [7, 11) is 0. The first-order valence-corrected chi connectivity index (χ1v) is 7.62. The van der Waals surface area contributed by atoms with Crippen molar-refractivity contribution < 1.29 is 4.92 Å². The standard InChI is InChI=1S/C15H16IN3O2/c16-14-10-13(6-7-15(14)19(20)21)18(9-8-17)11-12-4-2-1-3-5-12/h1-7,10H,8-9,11,17H2. The van der Waals surface area contributed by atoms with Gasteiger partial charge in [0.2, 0.25) is 0 Å². The van der Waals surface area contributed by atoms with E-state index in [0.29, 0.717) is 16.7 Å². The van der Waals surface area contributed by atoms with Crippen LogP contribution >= 0.6 is 22.6 Å². The summed E-state index contributed by atoms with van der Waals surface area (Å²) in [6, 6.07) is 15.2. The van der Waals surface area contributed by atoms with Crippen LogP contribution in [0.3, 0.4) is 0 Å². The molecule has 0 aliphatic rings. The molecule has 21 heavy (non-hydrogen) atoms. The second-order valence-electron chi connectivity index (χ2n) is 4.59. The van der Waals surface area contributed by atoms with E-state index in [1.807, 2.05) is 46.9 Å². The number of nitrogens with two attached hydrogens (primary N) is 1. The lowest BCUT2D eigenvalue weighted by molar-refractivity contribution is -0.385. The Bertz CT molecular complexity index is 620. The van der Waals surface area contributed by atoms with Crippen LogP contribution in [0.5, 0.6) is 0 Å². The molecule has 0 aliphatic carbocycles. The third-order valence-corrected chi connectivity index (χ3v) is 3.97. The molecule has 0 atom stereocenters. The van der Waals surface area contributed by atoms with Gasteiger partial charge in [-0.25, -0.2) is 0 Å². The van der Waals surface area contributed by atoms with Crippen molar-refractivity contribution in [1.82, 2.24) is 0 Å². The van der Waals surface area contributed by atoms with E-state index in [1.165, 1.54) is 5.56 Å². The Hall–Kier alpha value is -1.67. The van der Waals surface area contributed by atoms with Gasteiger partial charge in [-0.2, -0.15) is 0 Å². The second kappa shape index (κ2) is 7.37. The third kappa shape index (κ3) is 4.15. The largest absolute Gasteiger partial charge is 0.366 e. The van der Waals surface area contributed by atoms with E-state index in [2.05, 4.69) is 17.0 Å². The molecule has 2 aromatic rings. The van der Waals surface area contributed by atoms with E-state index >= 15 is 0 Å². The van der Waals surface area contributed by atoms with Crippen molar-refractivity contribution in [2.75, 3.05) is 18.0 Å². The first kappa shape index (κ1) is 15.7. The van der Waals surface area contributed by atoms with Gasteiger partial charge >= 0.3 is 0 Å². The van der Waals surface area contributed by atoms with Gasteiger partial charge in [-0.05, 0) is 40.3 Å². The molecule has 110 valence electrons. The van der Waals surface area contributed by atoms with E-state index < -0.39 is 0 Å². The van der Waals surface area contributed by atoms with Crippen molar-refractivity contribution >= 4 is 34.0 Å². The van der Waals surface area contributed by atoms with Crippen LogP contribution in [0, 0.1) is 13.7 Å².